The molecule has 7 heteroatoms. The van der Waals surface area contributed by atoms with Crippen LogP contribution in [0.3, 0.4) is 0 Å². The molecule has 1 N–H and O–H groups in total. The number of ketones is 1. The summed E-state index contributed by atoms with van der Waals surface area (Å²) >= 11 is 0. The largest absolute Gasteiger partial charge is 0.350 e. The van der Waals surface area contributed by atoms with Gasteiger partial charge in [0.15, 0.2) is 5.78 Å². The minimum Gasteiger partial charge on any atom is -0.350 e. The van der Waals surface area contributed by atoms with Crippen LogP contribution in [-0.4, -0.2) is 30.5 Å². The number of aromatic nitrogens is 5. The van der Waals surface area contributed by atoms with E-state index in [1.54, 1.807) is 30.3 Å². The SMILES string of the molecule is Cn1cc(C(=O)c2cnc(NCc3cccnc3)nc2)cn1. The number of anilines is 1. The van der Waals surface area contributed by atoms with Crippen LogP contribution in [0.1, 0.15) is 21.5 Å². The molecule has 0 saturated heterocycles. The van der Waals surface area contributed by atoms with E-state index in [1.165, 1.54) is 18.6 Å². The Labute approximate surface area is 127 Å². The minimum atomic E-state index is -0.146. The quantitative estimate of drug-likeness (QED) is 0.717. The maximum absolute atomic E-state index is 12.2. The van der Waals surface area contributed by atoms with Crippen molar-refractivity contribution in [3.63, 3.8) is 0 Å². The first-order chi connectivity index (χ1) is 10.7. The van der Waals surface area contributed by atoms with E-state index in [0.717, 1.165) is 5.56 Å². The van der Waals surface area contributed by atoms with Crippen molar-refractivity contribution in [3.8, 4) is 0 Å². The molecule has 0 amide bonds. The van der Waals surface area contributed by atoms with Crippen molar-refractivity contribution < 1.29 is 4.79 Å². The molecule has 0 spiro atoms. The van der Waals surface area contributed by atoms with Gasteiger partial charge in [-0.05, 0) is 11.6 Å². The van der Waals surface area contributed by atoms with Gasteiger partial charge >= 0.3 is 0 Å². The van der Waals surface area contributed by atoms with Crippen molar-refractivity contribution in [1.29, 1.82) is 0 Å². The van der Waals surface area contributed by atoms with Crippen LogP contribution in [0.25, 0.3) is 0 Å². The molecule has 0 unspecified atom stereocenters. The standard InChI is InChI=1S/C15H14N6O/c1-21-10-13(9-20-21)14(22)12-7-18-15(19-8-12)17-6-11-3-2-4-16-5-11/h2-5,7-10H,6H2,1H3,(H,17,18,19). The van der Waals surface area contributed by atoms with Crippen LogP contribution in [0.2, 0.25) is 0 Å². The van der Waals surface area contributed by atoms with Crippen LogP contribution in [0.4, 0.5) is 5.95 Å². The van der Waals surface area contributed by atoms with E-state index in [9.17, 15) is 4.79 Å². The smallest absolute Gasteiger partial charge is 0.222 e. The first-order valence-corrected chi connectivity index (χ1v) is 6.70. The molecule has 0 radical (unpaired) electrons. The summed E-state index contributed by atoms with van der Waals surface area (Å²) in [5.74, 6) is 0.318. The van der Waals surface area contributed by atoms with Gasteiger partial charge in [0.2, 0.25) is 5.95 Å². The lowest BCUT2D eigenvalue weighted by Crippen LogP contribution is -2.06. The summed E-state index contributed by atoms with van der Waals surface area (Å²) in [7, 11) is 1.76. The molecule has 7 nitrogen and oxygen atoms in total. The number of hydrogen-bond donors (Lipinski definition) is 1. The summed E-state index contributed by atoms with van der Waals surface area (Å²) in [5, 5.41) is 7.06. The molecule has 3 aromatic heterocycles. The van der Waals surface area contributed by atoms with Gasteiger partial charge in [-0.1, -0.05) is 6.07 Å². The molecular formula is C15H14N6O. The Hall–Kier alpha value is -3.09. The summed E-state index contributed by atoms with van der Waals surface area (Å²) in [5.41, 5.74) is 1.98. The Balaban J connectivity index is 1.66. The third kappa shape index (κ3) is 3.14. The number of rotatable bonds is 5. The number of pyridine rings is 1. The number of hydrogen-bond acceptors (Lipinski definition) is 6. The molecular weight excluding hydrogens is 280 g/mol. The van der Waals surface area contributed by atoms with E-state index in [1.807, 2.05) is 12.1 Å². The van der Waals surface area contributed by atoms with E-state index in [0.29, 0.717) is 23.6 Å². The molecule has 0 aliphatic heterocycles. The Morgan fingerprint density at radius 1 is 1.18 bits per heavy atom. The van der Waals surface area contributed by atoms with E-state index >= 15 is 0 Å². The van der Waals surface area contributed by atoms with Crippen molar-refractivity contribution in [2.24, 2.45) is 7.05 Å². The van der Waals surface area contributed by atoms with E-state index in [-0.39, 0.29) is 5.78 Å². The Bertz CT molecular complexity index is 766. The molecule has 0 atom stereocenters. The van der Waals surface area contributed by atoms with Crippen LogP contribution < -0.4 is 5.32 Å². The Morgan fingerprint density at radius 2 is 2.00 bits per heavy atom. The number of carbonyl (C=O) groups excluding carboxylic acids is 1. The lowest BCUT2D eigenvalue weighted by molar-refractivity contribution is 0.103. The van der Waals surface area contributed by atoms with Gasteiger partial charge in [0.25, 0.3) is 0 Å². The van der Waals surface area contributed by atoms with Gasteiger partial charge in [0.05, 0.1) is 17.3 Å². The average molecular weight is 294 g/mol. The van der Waals surface area contributed by atoms with Crippen LogP contribution in [0, 0.1) is 0 Å². The molecule has 0 aliphatic rings. The molecule has 0 fully saturated rings. The summed E-state index contributed by atoms with van der Waals surface area (Å²) in [4.78, 5) is 24.5. The van der Waals surface area contributed by atoms with Gasteiger partial charge in [-0.2, -0.15) is 5.10 Å². The fourth-order valence-corrected chi connectivity index (χ4v) is 1.93. The maximum atomic E-state index is 12.2. The first-order valence-electron chi connectivity index (χ1n) is 6.70. The Morgan fingerprint density at radius 3 is 2.64 bits per heavy atom. The van der Waals surface area contributed by atoms with E-state index < -0.39 is 0 Å². The third-order valence-electron chi connectivity index (χ3n) is 3.05. The highest BCUT2D eigenvalue weighted by molar-refractivity contribution is 6.08. The highest BCUT2D eigenvalue weighted by Crippen LogP contribution is 2.09. The molecule has 3 aromatic rings. The summed E-state index contributed by atoms with van der Waals surface area (Å²) in [6, 6.07) is 3.83. The van der Waals surface area contributed by atoms with Crippen molar-refractivity contribution >= 4 is 11.7 Å². The summed E-state index contributed by atoms with van der Waals surface area (Å²) in [6.07, 6.45) is 9.70. The monoisotopic (exact) mass is 294 g/mol. The number of nitrogens with one attached hydrogen (secondary N) is 1. The lowest BCUT2D eigenvalue weighted by Gasteiger charge is -2.04. The highest BCUT2D eigenvalue weighted by atomic mass is 16.1. The van der Waals surface area contributed by atoms with Gasteiger partial charge in [0, 0.05) is 44.6 Å². The lowest BCUT2D eigenvalue weighted by atomic mass is 10.1. The van der Waals surface area contributed by atoms with Crippen LogP contribution in [-0.2, 0) is 13.6 Å². The van der Waals surface area contributed by atoms with Crippen molar-refractivity contribution in [2.75, 3.05) is 5.32 Å². The van der Waals surface area contributed by atoms with Gasteiger partial charge < -0.3 is 5.32 Å². The fraction of sp³-hybridized carbons (Fsp3) is 0.133. The molecule has 22 heavy (non-hydrogen) atoms. The van der Waals surface area contributed by atoms with Gasteiger partial charge in [-0.25, -0.2) is 9.97 Å². The van der Waals surface area contributed by atoms with Crippen molar-refractivity contribution in [1.82, 2.24) is 24.7 Å². The van der Waals surface area contributed by atoms with Gasteiger partial charge in [-0.3, -0.25) is 14.5 Å². The minimum absolute atomic E-state index is 0.146. The van der Waals surface area contributed by atoms with Crippen LogP contribution in [0.5, 0.6) is 0 Å². The topological polar surface area (TPSA) is 85.6 Å². The van der Waals surface area contributed by atoms with E-state index in [4.69, 9.17) is 0 Å². The third-order valence-corrected chi connectivity index (χ3v) is 3.05. The fourth-order valence-electron chi connectivity index (χ4n) is 1.93. The van der Waals surface area contributed by atoms with Crippen LogP contribution in [0.15, 0.2) is 49.3 Å². The second-order valence-electron chi connectivity index (χ2n) is 4.74. The molecule has 0 bridgehead atoms. The zero-order valence-electron chi connectivity index (χ0n) is 12.0. The summed E-state index contributed by atoms with van der Waals surface area (Å²) < 4.78 is 1.58. The average Bonchev–Trinajstić information content (AvgIpc) is 3.00. The number of aryl methyl sites for hydroxylation is 1. The number of carbonyl (C=O) groups is 1. The zero-order valence-corrected chi connectivity index (χ0v) is 12.0. The number of nitrogens with zero attached hydrogens (tertiary/aromatic N) is 5. The van der Waals surface area contributed by atoms with Crippen LogP contribution >= 0.6 is 0 Å². The van der Waals surface area contributed by atoms with E-state index in [2.05, 4.69) is 25.4 Å². The predicted octanol–water partition coefficient (Wildman–Crippen LogP) is 1.45. The predicted molar refractivity (Wildman–Crippen MR) is 80.2 cm³/mol. The molecule has 0 saturated carbocycles. The normalized spacial score (nSPS) is 10.4. The highest BCUT2D eigenvalue weighted by Gasteiger charge is 2.12. The Kier molecular flexibility index (Phi) is 3.86. The first kappa shape index (κ1) is 13.9. The maximum Gasteiger partial charge on any atom is 0.222 e. The molecule has 3 heterocycles. The zero-order chi connectivity index (χ0) is 15.4. The van der Waals surface area contributed by atoms with Gasteiger partial charge in [-0.15, -0.1) is 0 Å². The van der Waals surface area contributed by atoms with Crippen molar-refractivity contribution in [2.45, 2.75) is 6.54 Å². The van der Waals surface area contributed by atoms with Gasteiger partial charge in [0.1, 0.15) is 0 Å². The molecule has 110 valence electrons. The molecule has 3 rings (SSSR count). The summed E-state index contributed by atoms with van der Waals surface area (Å²) in [6.45, 7) is 0.573. The second-order valence-corrected chi connectivity index (χ2v) is 4.74. The van der Waals surface area contributed by atoms with Crippen molar-refractivity contribution in [3.05, 3.63) is 66.0 Å². The molecule has 0 aliphatic carbocycles. The second kappa shape index (κ2) is 6.13. The molecule has 0 aromatic carbocycles.